The molecule has 0 aliphatic carbocycles. The minimum Gasteiger partial charge on any atom is -0.507 e. The Hall–Kier alpha value is -2.22. The lowest BCUT2D eigenvalue weighted by atomic mass is 10.0. The molecule has 0 saturated carbocycles. The molecule has 10 heteroatoms. The lowest BCUT2D eigenvalue weighted by molar-refractivity contribution is -0.384. The molecule has 2 rings (SSSR count). The van der Waals surface area contributed by atoms with Crippen molar-refractivity contribution in [2.45, 2.75) is 33.1 Å². The molecule has 1 N–H and O–H groups in total. The van der Waals surface area contributed by atoms with Crippen molar-refractivity contribution in [3.63, 3.8) is 0 Å². The van der Waals surface area contributed by atoms with E-state index in [-0.39, 0.29) is 51.1 Å². The van der Waals surface area contributed by atoms with E-state index in [1.807, 2.05) is 6.92 Å². The number of nitro benzene ring substituents is 1. The Morgan fingerprint density at radius 1 is 1.17 bits per heavy atom. The number of rotatable bonds is 10. The van der Waals surface area contributed by atoms with Crippen LogP contribution in [-0.2, 0) is 6.42 Å². The highest BCUT2D eigenvalue weighted by Gasteiger charge is 2.25. The van der Waals surface area contributed by atoms with Crippen molar-refractivity contribution in [1.29, 1.82) is 0 Å². The fourth-order valence-electron chi connectivity index (χ4n) is 2.81. The molecule has 162 valence electrons. The number of phenolic OH excluding ortho intramolecular Hbond substituents is 1. The van der Waals surface area contributed by atoms with Crippen molar-refractivity contribution in [3.05, 3.63) is 54.5 Å². The van der Waals surface area contributed by atoms with Gasteiger partial charge in [0.25, 0.3) is 0 Å². The van der Waals surface area contributed by atoms with Crippen LogP contribution in [0.25, 0.3) is 0 Å². The summed E-state index contributed by atoms with van der Waals surface area (Å²) in [6.45, 7) is 3.70. The number of Topliss-reactive ketones (excluding diaryl/α,β-unsaturated/α-hetero) is 1. The van der Waals surface area contributed by atoms with Crippen LogP contribution >= 0.6 is 34.8 Å². The van der Waals surface area contributed by atoms with Crippen LogP contribution < -0.4 is 9.47 Å². The lowest BCUT2D eigenvalue weighted by Crippen LogP contribution is -2.08. The summed E-state index contributed by atoms with van der Waals surface area (Å²) < 4.78 is 11.2. The number of hydrogen-bond donors (Lipinski definition) is 1. The van der Waals surface area contributed by atoms with Gasteiger partial charge in [0.05, 0.1) is 28.7 Å². The van der Waals surface area contributed by atoms with Crippen LogP contribution in [0.15, 0.2) is 18.2 Å². The highest BCUT2D eigenvalue weighted by molar-refractivity contribution is 6.42. The molecule has 0 amide bonds. The van der Waals surface area contributed by atoms with E-state index in [0.717, 1.165) is 6.42 Å². The van der Waals surface area contributed by atoms with Crippen LogP contribution in [0.3, 0.4) is 0 Å². The second-order valence-electron chi connectivity index (χ2n) is 6.38. The van der Waals surface area contributed by atoms with Gasteiger partial charge in [0.1, 0.15) is 16.5 Å². The van der Waals surface area contributed by atoms with E-state index >= 15 is 0 Å². The summed E-state index contributed by atoms with van der Waals surface area (Å²) in [5, 5.41) is 21.1. The molecule has 2 aromatic carbocycles. The van der Waals surface area contributed by atoms with Gasteiger partial charge in [0.15, 0.2) is 16.6 Å². The molecule has 2 aromatic rings. The molecule has 0 heterocycles. The van der Waals surface area contributed by atoms with Crippen LogP contribution in [0.2, 0.25) is 15.1 Å². The zero-order chi connectivity index (χ0) is 22.4. The Kier molecular flexibility index (Phi) is 8.58. The van der Waals surface area contributed by atoms with Gasteiger partial charge in [-0.1, -0.05) is 48.1 Å². The number of carbonyl (C=O) groups is 1. The van der Waals surface area contributed by atoms with Gasteiger partial charge in [-0.05, 0) is 31.5 Å². The third kappa shape index (κ3) is 5.47. The number of halogens is 3. The summed E-state index contributed by atoms with van der Waals surface area (Å²) in [6, 6.07) is 4.38. The molecule has 0 bridgehead atoms. The Balaban J connectivity index is 2.03. The number of benzene rings is 2. The Labute approximate surface area is 188 Å². The number of nitro groups is 1. The number of phenols is 1. The molecule has 0 atom stereocenters. The van der Waals surface area contributed by atoms with Gasteiger partial charge in [0, 0.05) is 12.0 Å². The Morgan fingerprint density at radius 3 is 2.43 bits per heavy atom. The quantitative estimate of drug-likeness (QED) is 0.188. The summed E-state index contributed by atoms with van der Waals surface area (Å²) in [5.74, 6) is 0.169. The minimum absolute atomic E-state index is 0.0236. The summed E-state index contributed by atoms with van der Waals surface area (Å²) >= 11 is 17.9. The van der Waals surface area contributed by atoms with Crippen LogP contribution in [0.5, 0.6) is 17.2 Å². The zero-order valence-electron chi connectivity index (χ0n) is 16.3. The van der Waals surface area contributed by atoms with E-state index in [2.05, 4.69) is 0 Å². The Morgan fingerprint density at radius 2 is 1.83 bits per heavy atom. The first-order valence-corrected chi connectivity index (χ1v) is 10.3. The summed E-state index contributed by atoms with van der Waals surface area (Å²) in [4.78, 5) is 22.0. The van der Waals surface area contributed by atoms with Crippen LogP contribution in [0, 0.1) is 10.1 Å². The van der Waals surface area contributed by atoms with Gasteiger partial charge in [-0.2, -0.15) is 0 Å². The van der Waals surface area contributed by atoms with Crippen LogP contribution in [-0.4, -0.2) is 29.0 Å². The third-order valence-electron chi connectivity index (χ3n) is 4.20. The number of ether oxygens (including phenoxy) is 2. The van der Waals surface area contributed by atoms with E-state index < -0.39 is 10.6 Å². The van der Waals surface area contributed by atoms with E-state index in [1.54, 1.807) is 6.07 Å². The maximum absolute atomic E-state index is 11.6. The molecule has 0 aliphatic heterocycles. The van der Waals surface area contributed by atoms with Crippen molar-refractivity contribution in [2.24, 2.45) is 0 Å². The second-order valence-corrected chi connectivity index (χ2v) is 7.58. The molecule has 0 saturated heterocycles. The molecule has 0 spiro atoms. The number of hydrogen-bond acceptors (Lipinski definition) is 6. The third-order valence-corrected chi connectivity index (χ3v) is 5.12. The van der Waals surface area contributed by atoms with E-state index in [9.17, 15) is 20.0 Å². The van der Waals surface area contributed by atoms with E-state index in [0.29, 0.717) is 24.2 Å². The first-order valence-electron chi connectivity index (χ1n) is 9.12. The van der Waals surface area contributed by atoms with Crippen molar-refractivity contribution in [1.82, 2.24) is 0 Å². The largest absolute Gasteiger partial charge is 0.507 e. The number of aromatic hydroxyl groups is 1. The standard InChI is InChI=1S/C20H20Cl3NO6/c1-3-5-13-16(7-6-12(11(2)25)19(13)26)29-8-4-9-30-20-15(22)10-14(21)18(17(20)23)24(27)28/h6-7,10,26H,3-5,8-9H2,1-2H3. The van der Waals surface area contributed by atoms with Crippen molar-refractivity contribution < 1.29 is 24.3 Å². The molecule has 7 nitrogen and oxygen atoms in total. The van der Waals surface area contributed by atoms with Crippen molar-refractivity contribution >= 4 is 46.3 Å². The van der Waals surface area contributed by atoms with Gasteiger partial charge < -0.3 is 14.6 Å². The predicted molar refractivity (Wildman–Crippen MR) is 116 cm³/mol. The molecular formula is C20H20Cl3NO6. The summed E-state index contributed by atoms with van der Waals surface area (Å²) in [6.07, 6.45) is 1.73. The zero-order valence-corrected chi connectivity index (χ0v) is 18.6. The molecule has 0 radical (unpaired) electrons. The van der Waals surface area contributed by atoms with Crippen molar-refractivity contribution in [2.75, 3.05) is 13.2 Å². The SMILES string of the molecule is CCCc1c(OCCCOc2c(Cl)cc(Cl)c([N+](=O)[O-])c2Cl)ccc(C(C)=O)c1O. The Bertz CT molecular complexity index is 964. The molecule has 0 aliphatic rings. The number of carbonyl (C=O) groups excluding carboxylic acids is 1. The topological polar surface area (TPSA) is 98.9 Å². The number of nitrogens with zero attached hydrogens (tertiary/aromatic N) is 1. The fourth-order valence-corrected chi connectivity index (χ4v) is 3.82. The van der Waals surface area contributed by atoms with Gasteiger partial charge in [-0.25, -0.2) is 0 Å². The average Bonchev–Trinajstić information content (AvgIpc) is 2.65. The van der Waals surface area contributed by atoms with Gasteiger partial charge in [-0.15, -0.1) is 0 Å². The molecule has 0 unspecified atom stereocenters. The van der Waals surface area contributed by atoms with Crippen LogP contribution in [0.4, 0.5) is 5.69 Å². The summed E-state index contributed by atoms with van der Waals surface area (Å²) in [5.41, 5.74) is 0.354. The van der Waals surface area contributed by atoms with Crippen molar-refractivity contribution in [3.8, 4) is 17.2 Å². The normalized spacial score (nSPS) is 10.7. The lowest BCUT2D eigenvalue weighted by Gasteiger charge is -2.15. The maximum Gasteiger partial charge on any atom is 0.310 e. The van der Waals surface area contributed by atoms with E-state index in [1.165, 1.54) is 19.1 Å². The highest BCUT2D eigenvalue weighted by atomic mass is 35.5. The minimum atomic E-state index is -0.705. The van der Waals surface area contributed by atoms with Gasteiger partial charge in [0.2, 0.25) is 0 Å². The van der Waals surface area contributed by atoms with E-state index in [4.69, 9.17) is 44.3 Å². The maximum atomic E-state index is 11.6. The predicted octanol–water partition coefficient (Wildman–Crippen LogP) is 6.26. The smallest absolute Gasteiger partial charge is 0.310 e. The molecule has 30 heavy (non-hydrogen) atoms. The monoisotopic (exact) mass is 475 g/mol. The average molecular weight is 477 g/mol. The fraction of sp³-hybridized carbons (Fsp3) is 0.350. The first-order chi connectivity index (χ1) is 14.2. The first kappa shape index (κ1) is 24.1. The molecule has 0 fully saturated rings. The second kappa shape index (κ2) is 10.7. The van der Waals surface area contributed by atoms with Gasteiger partial charge >= 0.3 is 5.69 Å². The molecule has 0 aromatic heterocycles. The van der Waals surface area contributed by atoms with Gasteiger partial charge in [-0.3, -0.25) is 14.9 Å². The highest BCUT2D eigenvalue weighted by Crippen LogP contribution is 2.44. The number of ketones is 1. The summed E-state index contributed by atoms with van der Waals surface area (Å²) in [7, 11) is 0. The molecular weight excluding hydrogens is 457 g/mol. The van der Waals surface area contributed by atoms with Crippen LogP contribution in [0.1, 0.15) is 42.6 Å².